The molecule has 0 bridgehead atoms. The number of aromatic nitrogens is 1. The highest BCUT2D eigenvalue weighted by Gasteiger charge is 1.98. The molecule has 13 heavy (non-hydrogen) atoms. The monoisotopic (exact) mass is 242 g/mol. The van der Waals surface area contributed by atoms with Gasteiger partial charge in [-0.2, -0.15) is 0 Å². The number of hydrogen-bond acceptors (Lipinski definition) is 2. The predicted molar refractivity (Wildman–Crippen MR) is 59.9 cm³/mol. The molecule has 1 atom stereocenters. The highest BCUT2D eigenvalue weighted by atomic mass is 79.9. The molecule has 1 aromatic rings. The second-order valence-corrected chi connectivity index (χ2v) is 4.17. The first-order valence-electron chi connectivity index (χ1n) is 4.57. The van der Waals surface area contributed by atoms with Crippen molar-refractivity contribution in [1.82, 2.24) is 4.98 Å². The van der Waals surface area contributed by atoms with Crippen LogP contribution in [-0.2, 0) is 0 Å². The lowest BCUT2D eigenvalue weighted by atomic mass is 10.1. The van der Waals surface area contributed by atoms with Crippen molar-refractivity contribution in [2.24, 2.45) is 5.92 Å². The zero-order valence-corrected chi connectivity index (χ0v) is 9.63. The third-order valence-electron chi connectivity index (χ3n) is 2.06. The van der Waals surface area contributed by atoms with Crippen LogP contribution in [0.15, 0.2) is 22.8 Å². The summed E-state index contributed by atoms with van der Waals surface area (Å²) in [7, 11) is 0. The Labute approximate surface area is 87.9 Å². The highest BCUT2D eigenvalue weighted by Crippen LogP contribution is 2.11. The Morgan fingerprint density at radius 3 is 2.85 bits per heavy atom. The summed E-state index contributed by atoms with van der Waals surface area (Å²) in [6.07, 6.45) is 3.00. The molecule has 0 aliphatic rings. The molecule has 2 nitrogen and oxygen atoms in total. The minimum Gasteiger partial charge on any atom is -0.370 e. The van der Waals surface area contributed by atoms with E-state index < -0.39 is 0 Å². The third kappa shape index (κ3) is 3.77. The van der Waals surface area contributed by atoms with Gasteiger partial charge >= 0.3 is 0 Å². The number of hydrogen-bond donors (Lipinski definition) is 1. The molecule has 0 amide bonds. The zero-order chi connectivity index (χ0) is 9.68. The number of pyridine rings is 1. The van der Waals surface area contributed by atoms with Crippen LogP contribution in [0, 0.1) is 5.92 Å². The molecule has 1 N–H and O–H groups in total. The molecule has 72 valence electrons. The largest absolute Gasteiger partial charge is 0.370 e. The number of halogens is 1. The fourth-order valence-electron chi connectivity index (χ4n) is 0.904. The first kappa shape index (κ1) is 10.5. The van der Waals surface area contributed by atoms with Crippen molar-refractivity contribution < 1.29 is 0 Å². The number of rotatable bonds is 4. The predicted octanol–water partition coefficient (Wildman–Crippen LogP) is 3.30. The summed E-state index contributed by atoms with van der Waals surface area (Å²) in [6.45, 7) is 5.42. The van der Waals surface area contributed by atoms with E-state index in [0.717, 1.165) is 16.8 Å². The summed E-state index contributed by atoms with van der Waals surface area (Å²) in [6, 6.07) is 3.97. The Morgan fingerprint density at radius 1 is 1.54 bits per heavy atom. The second kappa shape index (κ2) is 5.22. The van der Waals surface area contributed by atoms with E-state index in [-0.39, 0.29) is 0 Å². The van der Waals surface area contributed by atoms with E-state index in [0.29, 0.717) is 5.92 Å². The lowest BCUT2D eigenvalue weighted by Crippen LogP contribution is -2.10. The van der Waals surface area contributed by atoms with Crippen LogP contribution in [0.4, 0.5) is 5.82 Å². The molecule has 1 aromatic heterocycles. The van der Waals surface area contributed by atoms with Gasteiger partial charge in [0.25, 0.3) is 0 Å². The van der Waals surface area contributed by atoms with Gasteiger partial charge < -0.3 is 5.32 Å². The third-order valence-corrected chi connectivity index (χ3v) is 2.53. The van der Waals surface area contributed by atoms with Gasteiger partial charge in [-0.05, 0) is 34.0 Å². The molecule has 0 radical (unpaired) electrons. The molecular formula is C10H15BrN2. The summed E-state index contributed by atoms with van der Waals surface area (Å²) in [5.41, 5.74) is 0. The topological polar surface area (TPSA) is 24.9 Å². The summed E-state index contributed by atoms with van der Waals surface area (Å²) < 4.78 is 1.02. The Hall–Kier alpha value is -0.570. The molecule has 1 unspecified atom stereocenters. The van der Waals surface area contributed by atoms with Gasteiger partial charge in [-0.15, -0.1) is 0 Å². The minimum atomic E-state index is 0.699. The second-order valence-electron chi connectivity index (χ2n) is 3.26. The van der Waals surface area contributed by atoms with Crippen LogP contribution in [0.25, 0.3) is 0 Å². The van der Waals surface area contributed by atoms with E-state index in [4.69, 9.17) is 0 Å². The van der Waals surface area contributed by atoms with Crippen molar-refractivity contribution in [1.29, 1.82) is 0 Å². The van der Waals surface area contributed by atoms with Crippen LogP contribution >= 0.6 is 15.9 Å². The van der Waals surface area contributed by atoms with Gasteiger partial charge in [0.1, 0.15) is 5.82 Å². The van der Waals surface area contributed by atoms with Crippen molar-refractivity contribution >= 4 is 21.7 Å². The summed E-state index contributed by atoms with van der Waals surface area (Å²) in [5, 5.41) is 3.29. The first-order chi connectivity index (χ1) is 6.22. The van der Waals surface area contributed by atoms with Crippen LogP contribution in [-0.4, -0.2) is 11.5 Å². The molecule has 3 heteroatoms. The fourth-order valence-corrected chi connectivity index (χ4v) is 1.14. The summed E-state index contributed by atoms with van der Waals surface area (Å²) in [5.74, 6) is 1.65. The average Bonchev–Trinajstić information content (AvgIpc) is 2.16. The van der Waals surface area contributed by atoms with Crippen LogP contribution in [0.5, 0.6) is 0 Å². The van der Waals surface area contributed by atoms with E-state index in [2.05, 4.69) is 40.1 Å². The van der Waals surface area contributed by atoms with Crippen LogP contribution in [0.1, 0.15) is 20.3 Å². The SMILES string of the molecule is CCC(C)CNc1ccc(Br)cn1. The number of nitrogens with zero attached hydrogens (tertiary/aromatic N) is 1. The van der Waals surface area contributed by atoms with Gasteiger partial charge in [-0.1, -0.05) is 20.3 Å². The van der Waals surface area contributed by atoms with Gasteiger partial charge in [0, 0.05) is 17.2 Å². The van der Waals surface area contributed by atoms with Gasteiger partial charge in [0.05, 0.1) is 0 Å². The van der Waals surface area contributed by atoms with Crippen molar-refractivity contribution in [2.75, 3.05) is 11.9 Å². The molecular weight excluding hydrogens is 228 g/mol. The molecule has 0 saturated carbocycles. The molecule has 0 aromatic carbocycles. The standard InChI is InChI=1S/C10H15BrN2/c1-3-8(2)6-12-10-5-4-9(11)7-13-10/h4-5,7-8H,3,6H2,1-2H3,(H,12,13). The van der Waals surface area contributed by atoms with E-state index in [1.165, 1.54) is 6.42 Å². The Balaban J connectivity index is 2.41. The zero-order valence-electron chi connectivity index (χ0n) is 8.05. The molecule has 0 saturated heterocycles. The van der Waals surface area contributed by atoms with Gasteiger partial charge in [0.15, 0.2) is 0 Å². The van der Waals surface area contributed by atoms with E-state index in [9.17, 15) is 0 Å². The fraction of sp³-hybridized carbons (Fsp3) is 0.500. The molecule has 1 rings (SSSR count). The first-order valence-corrected chi connectivity index (χ1v) is 5.37. The Morgan fingerprint density at radius 2 is 2.31 bits per heavy atom. The van der Waals surface area contributed by atoms with Gasteiger partial charge in [-0.3, -0.25) is 0 Å². The lowest BCUT2D eigenvalue weighted by Gasteiger charge is -2.10. The Bertz CT molecular complexity index is 246. The quantitative estimate of drug-likeness (QED) is 0.877. The van der Waals surface area contributed by atoms with Gasteiger partial charge in [-0.25, -0.2) is 4.98 Å². The maximum atomic E-state index is 4.23. The van der Waals surface area contributed by atoms with E-state index >= 15 is 0 Å². The van der Waals surface area contributed by atoms with Crippen molar-refractivity contribution in [2.45, 2.75) is 20.3 Å². The van der Waals surface area contributed by atoms with Crippen LogP contribution < -0.4 is 5.32 Å². The maximum absolute atomic E-state index is 4.23. The smallest absolute Gasteiger partial charge is 0.125 e. The Kier molecular flexibility index (Phi) is 4.22. The normalized spacial score (nSPS) is 12.5. The molecule has 0 aliphatic carbocycles. The number of nitrogens with one attached hydrogen (secondary N) is 1. The summed E-state index contributed by atoms with van der Waals surface area (Å²) >= 11 is 3.35. The lowest BCUT2D eigenvalue weighted by molar-refractivity contribution is 0.592. The molecule has 0 fully saturated rings. The molecule has 1 heterocycles. The van der Waals surface area contributed by atoms with Gasteiger partial charge in [0.2, 0.25) is 0 Å². The minimum absolute atomic E-state index is 0.699. The van der Waals surface area contributed by atoms with Crippen molar-refractivity contribution in [3.63, 3.8) is 0 Å². The highest BCUT2D eigenvalue weighted by molar-refractivity contribution is 9.10. The molecule has 0 aliphatic heterocycles. The number of anilines is 1. The van der Waals surface area contributed by atoms with E-state index in [1.807, 2.05) is 12.1 Å². The van der Waals surface area contributed by atoms with Crippen LogP contribution in [0.2, 0.25) is 0 Å². The van der Waals surface area contributed by atoms with Crippen LogP contribution in [0.3, 0.4) is 0 Å². The molecule has 0 spiro atoms. The summed E-state index contributed by atoms with van der Waals surface area (Å²) in [4.78, 5) is 4.23. The van der Waals surface area contributed by atoms with Crippen molar-refractivity contribution in [3.05, 3.63) is 22.8 Å². The average molecular weight is 243 g/mol. The van der Waals surface area contributed by atoms with Crippen molar-refractivity contribution in [3.8, 4) is 0 Å². The maximum Gasteiger partial charge on any atom is 0.125 e. The van der Waals surface area contributed by atoms with E-state index in [1.54, 1.807) is 6.20 Å².